The predicted octanol–water partition coefficient (Wildman–Crippen LogP) is 4.74. The zero-order valence-electron chi connectivity index (χ0n) is 13.8. The first kappa shape index (κ1) is 17.0. The summed E-state index contributed by atoms with van der Waals surface area (Å²) in [5, 5.41) is 4.26. The van der Waals surface area contributed by atoms with Gasteiger partial charge in [0, 0.05) is 0 Å². The van der Waals surface area contributed by atoms with E-state index in [4.69, 9.17) is 25.6 Å². The van der Waals surface area contributed by atoms with E-state index in [9.17, 15) is 4.79 Å². The molecule has 128 valence electrons. The van der Waals surface area contributed by atoms with Crippen molar-refractivity contribution in [2.24, 2.45) is 0 Å². The summed E-state index contributed by atoms with van der Waals surface area (Å²) >= 11 is 6.03. The molecule has 0 amide bonds. The topological polar surface area (TPSA) is 61.6 Å². The second-order valence-electron chi connectivity index (χ2n) is 5.41. The molecule has 0 unspecified atom stereocenters. The summed E-state index contributed by atoms with van der Waals surface area (Å²) in [5.74, 6) is 0.866. The molecule has 0 radical (unpaired) electrons. The third-order valence-corrected chi connectivity index (χ3v) is 4.01. The second kappa shape index (κ2) is 7.40. The Morgan fingerprint density at radius 2 is 1.76 bits per heavy atom. The van der Waals surface area contributed by atoms with Crippen LogP contribution in [0, 0.1) is 13.8 Å². The Hall–Kier alpha value is -2.79. The summed E-state index contributed by atoms with van der Waals surface area (Å²) in [4.78, 5) is 12.5. The largest absolute Gasteiger partial charge is 0.488 e. The Bertz CT molecular complexity index is 884. The maximum atomic E-state index is 12.5. The molecule has 0 spiro atoms. The molecule has 0 N–H and O–H groups in total. The Labute approximate surface area is 150 Å². The molecular weight excluding hydrogens is 342 g/mol. The van der Waals surface area contributed by atoms with Crippen molar-refractivity contribution >= 4 is 17.6 Å². The van der Waals surface area contributed by atoms with Crippen molar-refractivity contribution in [3.63, 3.8) is 0 Å². The van der Waals surface area contributed by atoms with Gasteiger partial charge in [-0.05, 0) is 38.1 Å². The molecule has 0 saturated carbocycles. The number of carbonyl (C=O) groups is 1. The monoisotopic (exact) mass is 357 g/mol. The normalized spacial score (nSPS) is 10.5. The number of esters is 1. The van der Waals surface area contributed by atoms with Crippen LogP contribution in [-0.2, 0) is 6.61 Å². The van der Waals surface area contributed by atoms with Crippen LogP contribution < -0.4 is 9.47 Å². The van der Waals surface area contributed by atoms with Crippen LogP contribution in [0.25, 0.3) is 0 Å². The van der Waals surface area contributed by atoms with Gasteiger partial charge < -0.3 is 14.0 Å². The average molecular weight is 358 g/mol. The molecule has 25 heavy (non-hydrogen) atoms. The van der Waals surface area contributed by atoms with Gasteiger partial charge >= 0.3 is 5.97 Å². The number of nitrogens with zero attached hydrogens (tertiary/aromatic N) is 1. The van der Waals surface area contributed by atoms with Gasteiger partial charge in [-0.2, -0.15) is 0 Å². The number of para-hydroxylation sites is 2. The van der Waals surface area contributed by atoms with E-state index < -0.39 is 5.97 Å². The molecule has 3 rings (SSSR count). The van der Waals surface area contributed by atoms with E-state index in [1.54, 1.807) is 48.5 Å². The number of benzene rings is 2. The lowest BCUT2D eigenvalue weighted by atomic mass is 10.2. The van der Waals surface area contributed by atoms with Crippen LogP contribution >= 0.6 is 11.6 Å². The second-order valence-corrected chi connectivity index (χ2v) is 5.81. The van der Waals surface area contributed by atoms with E-state index in [2.05, 4.69) is 5.16 Å². The molecule has 6 heteroatoms. The third kappa shape index (κ3) is 3.83. The van der Waals surface area contributed by atoms with E-state index in [1.807, 2.05) is 13.8 Å². The number of aryl methyl sites for hydroxylation is 2. The van der Waals surface area contributed by atoms with Gasteiger partial charge in [-0.25, -0.2) is 4.79 Å². The fourth-order valence-electron chi connectivity index (χ4n) is 2.30. The van der Waals surface area contributed by atoms with Crippen LogP contribution in [0.3, 0.4) is 0 Å². The summed E-state index contributed by atoms with van der Waals surface area (Å²) in [6.07, 6.45) is 0. The molecule has 0 aliphatic carbocycles. The lowest BCUT2D eigenvalue weighted by molar-refractivity contribution is 0.0730. The van der Waals surface area contributed by atoms with Crippen LogP contribution in [0.2, 0.25) is 5.02 Å². The van der Waals surface area contributed by atoms with Crippen molar-refractivity contribution in [3.8, 4) is 11.5 Å². The van der Waals surface area contributed by atoms with E-state index in [-0.39, 0.29) is 6.61 Å². The highest BCUT2D eigenvalue weighted by molar-refractivity contribution is 6.32. The summed E-state index contributed by atoms with van der Waals surface area (Å²) in [6, 6.07) is 13.7. The SMILES string of the molecule is Cc1noc(C)c1COc1ccccc1C(=O)Oc1ccccc1Cl. The van der Waals surface area contributed by atoms with Gasteiger partial charge in [-0.15, -0.1) is 0 Å². The van der Waals surface area contributed by atoms with E-state index in [0.29, 0.717) is 27.8 Å². The summed E-state index contributed by atoms with van der Waals surface area (Å²) < 4.78 is 16.3. The Balaban J connectivity index is 1.79. The summed E-state index contributed by atoms with van der Waals surface area (Å²) in [6.45, 7) is 3.90. The lowest BCUT2D eigenvalue weighted by Crippen LogP contribution is -2.11. The summed E-state index contributed by atoms with van der Waals surface area (Å²) in [5.41, 5.74) is 1.93. The number of hydrogen-bond donors (Lipinski definition) is 0. The maximum absolute atomic E-state index is 12.5. The fourth-order valence-corrected chi connectivity index (χ4v) is 2.48. The average Bonchev–Trinajstić information content (AvgIpc) is 2.93. The molecule has 0 saturated heterocycles. The van der Waals surface area contributed by atoms with Gasteiger partial charge in [0.1, 0.15) is 29.4 Å². The number of ether oxygens (including phenoxy) is 2. The van der Waals surface area contributed by atoms with Crippen LogP contribution in [-0.4, -0.2) is 11.1 Å². The van der Waals surface area contributed by atoms with Crippen molar-refractivity contribution in [1.82, 2.24) is 5.16 Å². The highest BCUT2D eigenvalue weighted by atomic mass is 35.5. The number of carbonyl (C=O) groups excluding carboxylic acids is 1. The highest BCUT2D eigenvalue weighted by Gasteiger charge is 2.17. The van der Waals surface area contributed by atoms with Crippen LogP contribution in [0.4, 0.5) is 0 Å². The van der Waals surface area contributed by atoms with Crippen molar-refractivity contribution in [2.45, 2.75) is 20.5 Å². The minimum Gasteiger partial charge on any atom is -0.488 e. The van der Waals surface area contributed by atoms with Crippen molar-refractivity contribution < 1.29 is 18.8 Å². The third-order valence-electron chi connectivity index (χ3n) is 3.70. The van der Waals surface area contributed by atoms with Gasteiger partial charge in [-0.3, -0.25) is 0 Å². The number of halogens is 1. The molecule has 0 fully saturated rings. The minimum atomic E-state index is -0.539. The zero-order valence-corrected chi connectivity index (χ0v) is 14.5. The van der Waals surface area contributed by atoms with Crippen molar-refractivity contribution in [1.29, 1.82) is 0 Å². The number of aromatic nitrogens is 1. The smallest absolute Gasteiger partial charge is 0.347 e. The highest BCUT2D eigenvalue weighted by Crippen LogP contribution is 2.27. The molecule has 2 aromatic carbocycles. The van der Waals surface area contributed by atoms with Gasteiger partial charge in [0.2, 0.25) is 0 Å². The lowest BCUT2D eigenvalue weighted by Gasteiger charge is -2.11. The van der Waals surface area contributed by atoms with Crippen molar-refractivity contribution in [2.75, 3.05) is 0 Å². The van der Waals surface area contributed by atoms with Crippen LogP contribution in [0.1, 0.15) is 27.4 Å². The fraction of sp³-hybridized carbons (Fsp3) is 0.158. The molecule has 0 atom stereocenters. The van der Waals surface area contributed by atoms with Gasteiger partial charge in [0.15, 0.2) is 0 Å². The molecule has 0 aliphatic rings. The number of rotatable bonds is 5. The zero-order chi connectivity index (χ0) is 17.8. The van der Waals surface area contributed by atoms with Crippen molar-refractivity contribution in [3.05, 3.63) is 76.1 Å². The first-order valence-electron chi connectivity index (χ1n) is 7.66. The van der Waals surface area contributed by atoms with Gasteiger partial charge in [-0.1, -0.05) is 41.0 Å². The van der Waals surface area contributed by atoms with Crippen LogP contribution in [0.5, 0.6) is 11.5 Å². The maximum Gasteiger partial charge on any atom is 0.347 e. The summed E-state index contributed by atoms with van der Waals surface area (Å²) in [7, 11) is 0. The molecule has 0 aliphatic heterocycles. The quantitative estimate of drug-likeness (QED) is 0.487. The molecule has 3 aromatic rings. The Morgan fingerprint density at radius 1 is 1.08 bits per heavy atom. The van der Waals surface area contributed by atoms with E-state index in [1.165, 1.54) is 0 Å². The molecule has 0 bridgehead atoms. The van der Waals surface area contributed by atoms with Gasteiger partial charge in [0.05, 0.1) is 16.3 Å². The number of hydrogen-bond acceptors (Lipinski definition) is 5. The Kier molecular flexibility index (Phi) is 5.05. The van der Waals surface area contributed by atoms with Gasteiger partial charge in [0.25, 0.3) is 0 Å². The molecule has 1 aromatic heterocycles. The Morgan fingerprint density at radius 3 is 2.44 bits per heavy atom. The van der Waals surface area contributed by atoms with E-state index >= 15 is 0 Å². The standard InChI is InChI=1S/C19H16ClNO4/c1-12-15(13(2)25-21-12)11-23-17-9-5-3-7-14(17)19(22)24-18-10-6-4-8-16(18)20/h3-10H,11H2,1-2H3. The minimum absolute atomic E-state index is 0.248. The van der Waals surface area contributed by atoms with Crippen LogP contribution in [0.15, 0.2) is 53.1 Å². The predicted molar refractivity (Wildman–Crippen MR) is 93.2 cm³/mol. The van der Waals surface area contributed by atoms with E-state index in [0.717, 1.165) is 11.3 Å². The molecule has 5 nitrogen and oxygen atoms in total. The molecule has 1 heterocycles. The molecular formula is C19H16ClNO4. The first-order valence-corrected chi connectivity index (χ1v) is 8.04. The first-order chi connectivity index (χ1) is 12.1.